The maximum Gasteiger partial charge on any atom is 0.242 e. The molecular weight excluding hydrogens is 395 g/mol. The normalized spacial score (nSPS) is 14.0. The number of nitrogens with one attached hydrogen (secondary N) is 1. The summed E-state index contributed by atoms with van der Waals surface area (Å²) in [6.45, 7) is 0. The van der Waals surface area contributed by atoms with E-state index in [9.17, 15) is 8.42 Å². The Hall–Kier alpha value is -1.38. The van der Waals surface area contributed by atoms with Gasteiger partial charge in [0.25, 0.3) is 0 Å². The van der Waals surface area contributed by atoms with Crippen molar-refractivity contribution in [1.82, 2.24) is 19.7 Å². The van der Waals surface area contributed by atoms with Gasteiger partial charge in [0.15, 0.2) is 6.17 Å². The zero-order valence-corrected chi connectivity index (χ0v) is 15.1. The molecule has 1 atom stereocenters. The van der Waals surface area contributed by atoms with Gasteiger partial charge in [-0.25, -0.2) is 13.1 Å². The van der Waals surface area contributed by atoms with Crippen molar-refractivity contribution >= 4 is 55.9 Å². The molecule has 0 spiro atoms. The average molecular weight is 406 g/mol. The zero-order chi connectivity index (χ0) is 17.4. The van der Waals surface area contributed by atoms with Gasteiger partial charge in [-0.15, -0.1) is 5.10 Å². The van der Waals surface area contributed by atoms with E-state index in [1.165, 1.54) is 16.8 Å². The molecule has 6 nitrogen and oxygen atoms in total. The topological polar surface area (TPSA) is 76.9 Å². The largest absolute Gasteiger partial charge is 0.242 e. The van der Waals surface area contributed by atoms with Crippen molar-refractivity contribution in [3.63, 3.8) is 0 Å². The predicted molar refractivity (Wildman–Crippen MR) is 93.6 cm³/mol. The van der Waals surface area contributed by atoms with Crippen molar-refractivity contribution in [2.75, 3.05) is 0 Å². The van der Waals surface area contributed by atoms with Gasteiger partial charge >= 0.3 is 0 Å². The number of hydrogen-bond donors (Lipinski definition) is 1. The Labute approximate surface area is 153 Å². The van der Waals surface area contributed by atoms with Crippen LogP contribution in [0.5, 0.6) is 0 Å². The zero-order valence-electron chi connectivity index (χ0n) is 12.0. The summed E-state index contributed by atoms with van der Waals surface area (Å²) < 4.78 is 26.8. The van der Waals surface area contributed by atoms with Gasteiger partial charge in [-0.1, -0.05) is 70.3 Å². The summed E-state index contributed by atoms with van der Waals surface area (Å²) in [4.78, 5) is 0.0497. The van der Waals surface area contributed by atoms with Gasteiger partial charge < -0.3 is 0 Å². The molecule has 1 heterocycles. The number of fused-ring (bicyclic) bond motifs is 1. The smallest absolute Gasteiger partial charge is 0.222 e. The molecule has 0 radical (unpaired) electrons. The van der Waals surface area contributed by atoms with E-state index in [2.05, 4.69) is 15.0 Å². The highest BCUT2D eigenvalue weighted by Crippen LogP contribution is 2.38. The molecule has 24 heavy (non-hydrogen) atoms. The second-order valence-corrected chi connectivity index (χ2v) is 8.98. The summed E-state index contributed by atoms with van der Waals surface area (Å²) >= 11 is 18.0. The van der Waals surface area contributed by atoms with E-state index in [-0.39, 0.29) is 4.90 Å². The van der Waals surface area contributed by atoms with Crippen LogP contribution in [-0.4, -0.2) is 27.2 Å². The molecule has 2 aromatic carbocycles. The van der Waals surface area contributed by atoms with Gasteiger partial charge in [-0.05, 0) is 24.3 Å². The van der Waals surface area contributed by atoms with Crippen LogP contribution in [0.1, 0.15) is 6.17 Å². The van der Waals surface area contributed by atoms with Gasteiger partial charge in [-0.3, -0.25) is 0 Å². The summed E-state index contributed by atoms with van der Waals surface area (Å²) in [7, 11) is -3.93. The van der Waals surface area contributed by atoms with Crippen LogP contribution in [0.4, 0.5) is 0 Å². The Bertz CT molecular complexity index is 955. The number of nitrogens with zero attached hydrogens (tertiary/aromatic N) is 3. The number of sulfonamides is 1. The van der Waals surface area contributed by atoms with Gasteiger partial charge in [0, 0.05) is 0 Å². The van der Waals surface area contributed by atoms with Gasteiger partial charge in [-0.2, -0.15) is 4.72 Å². The maximum absolute atomic E-state index is 12.6. The second kappa shape index (κ2) is 6.50. The summed E-state index contributed by atoms with van der Waals surface area (Å²) in [5.74, 6) is 0. The molecule has 0 bridgehead atoms. The molecule has 0 aliphatic carbocycles. The maximum atomic E-state index is 12.6. The number of alkyl halides is 3. The molecule has 3 aromatic rings. The molecule has 0 fully saturated rings. The molecule has 0 saturated heterocycles. The molecule has 0 aliphatic heterocycles. The van der Waals surface area contributed by atoms with E-state index in [1.54, 1.807) is 42.5 Å². The summed E-state index contributed by atoms with van der Waals surface area (Å²) in [6.07, 6.45) is -1.28. The van der Waals surface area contributed by atoms with Crippen molar-refractivity contribution in [1.29, 1.82) is 0 Å². The van der Waals surface area contributed by atoms with E-state index < -0.39 is 20.0 Å². The van der Waals surface area contributed by atoms with E-state index in [0.717, 1.165) is 0 Å². The van der Waals surface area contributed by atoms with Crippen molar-refractivity contribution < 1.29 is 8.42 Å². The fourth-order valence-corrected chi connectivity index (χ4v) is 4.00. The Morgan fingerprint density at radius 3 is 2.29 bits per heavy atom. The molecule has 0 amide bonds. The third-order valence-corrected chi connectivity index (χ3v) is 5.30. The quantitative estimate of drug-likeness (QED) is 0.676. The third-order valence-electron chi connectivity index (χ3n) is 3.25. The Balaban J connectivity index is 2.06. The van der Waals surface area contributed by atoms with E-state index >= 15 is 0 Å². The van der Waals surface area contributed by atoms with Crippen LogP contribution in [0.3, 0.4) is 0 Å². The number of aromatic nitrogens is 3. The molecule has 1 unspecified atom stereocenters. The molecule has 1 N–H and O–H groups in total. The van der Waals surface area contributed by atoms with Crippen LogP contribution in [0.2, 0.25) is 0 Å². The van der Waals surface area contributed by atoms with Gasteiger partial charge in [0.2, 0.25) is 13.8 Å². The van der Waals surface area contributed by atoms with E-state index in [0.29, 0.717) is 11.0 Å². The van der Waals surface area contributed by atoms with E-state index in [4.69, 9.17) is 34.8 Å². The molecule has 126 valence electrons. The predicted octanol–water partition coefficient (Wildman–Crippen LogP) is 3.28. The fourth-order valence-electron chi connectivity index (χ4n) is 2.15. The molecule has 10 heteroatoms. The minimum Gasteiger partial charge on any atom is -0.222 e. The first kappa shape index (κ1) is 17.4. The second-order valence-electron chi connectivity index (χ2n) is 4.90. The first-order valence-corrected chi connectivity index (χ1v) is 9.35. The molecule has 3 rings (SSSR count). The lowest BCUT2D eigenvalue weighted by Gasteiger charge is -2.25. The number of rotatable bonds is 4. The highest BCUT2D eigenvalue weighted by atomic mass is 35.6. The van der Waals surface area contributed by atoms with Crippen LogP contribution in [0.15, 0.2) is 59.5 Å². The highest BCUT2D eigenvalue weighted by molar-refractivity contribution is 7.89. The van der Waals surface area contributed by atoms with Crippen molar-refractivity contribution in [3.8, 4) is 0 Å². The first-order chi connectivity index (χ1) is 11.3. The van der Waals surface area contributed by atoms with Crippen LogP contribution in [-0.2, 0) is 10.0 Å². The first-order valence-electron chi connectivity index (χ1n) is 6.73. The van der Waals surface area contributed by atoms with Crippen molar-refractivity contribution in [3.05, 3.63) is 54.6 Å². The number of hydrogen-bond acceptors (Lipinski definition) is 4. The van der Waals surface area contributed by atoms with Crippen LogP contribution in [0.25, 0.3) is 11.0 Å². The molecule has 0 saturated carbocycles. The van der Waals surface area contributed by atoms with Crippen LogP contribution in [0, 0.1) is 0 Å². The Morgan fingerprint density at radius 1 is 1.00 bits per heavy atom. The lowest BCUT2D eigenvalue weighted by Crippen LogP contribution is -2.40. The van der Waals surface area contributed by atoms with Crippen molar-refractivity contribution in [2.45, 2.75) is 14.9 Å². The standard InChI is InChI=1S/C14H11Cl3N4O2S/c15-14(16,17)13(19-24(22,23)10-6-2-1-3-7-10)21-12-9-5-4-8-11(12)18-20-21/h1-9,13,19H. The minimum atomic E-state index is -3.93. The summed E-state index contributed by atoms with van der Waals surface area (Å²) in [6, 6.07) is 14.7. The van der Waals surface area contributed by atoms with Gasteiger partial charge in [0.1, 0.15) is 5.52 Å². The summed E-state index contributed by atoms with van der Waals surface area (Å²) in [5, 5.41) is 7.88. The molecule has 0 aliphatic rings. The number of halogens is 3. The highest BCUT2D eigenvalue weighted by Gasteiger charge is 2.39. The van der Waals surface area contributed by atoms with Crippen LogP contribution < -0.4 is 4.72 Å². The minimum absolute atomic E-state index is 0.0497. The van der Waals surface area contributed by atoms with E-state index in [1.807, 2.05) is 0 Å². The average Bonchev–Trinajstić information content (AvgIpc) is 2.96. The van der Waals surface area contributed by atoms with Crippen molar-refractivity contribution in [2.24, 2.45) is 0 Å². The SMILES string of the molecule is O=S(=O)(NC(n1nnc2ccccc21)C(Cl)(Cl)Cl)c1ccccc1. The Morgan fingerprint density at radius 2 is 1.62 bits per heavy atom. The van der Waals surface area contributed by atoms with Gasteiger partial charge in [0.05, 0.1) is 10.4 Å². The number of para-hydroxylation sites is 1. The molecular formula is C14H11Cl3N4O2S. The lowest BCUT2D eigenvalue weighted by atomic mass is 10.3. The lowest BCUT2D eigenvalue weighted by molar-refractivity contribution is 0.430. The fraction of sp³-hybridized carbons (Fsp3) is 0.143. The molecule has 1 aromatic heterocycles. The third kappa shape index (κ3) is 3.50. The van der Waals surface area contributed by atoms with Crippen LogP contribution >= 0.6 is 34.8 Å². The summed E-state index contributed by atoms with van der Waals surface area (Å²) in [5.41, 5.74) is 1.08. The number of benzene rings is 2. The monoisotopic (exact) mass is 404 g/mol. The Kier molecular flexibility index (Phi) is 4.72.